The second-order valence-corrected chi connectivity index (χ2v) is 7.66. The second kappa shape index (κ2) is 7.28. The highest BCUT2D eigenvalue weighted by atomic mass is 16.7. The maximum absolute atomic E-state index is 13.9. The van der Waals surface area contributed by atoms with Crippen LogP contribution in [0.1, 0.15) is 27.0 Å². The number of amides is 1. The predicted octanol–water partition coefficient (Wildman–Crippen LogP) is 2.64. The molecule has 0 radical (unpaired) electrons. The van der Waals surface area contributed by atoms with Gasteiger partial charge in [0.1, 0.15) is 11.2 Å². The fourth-order valence-corrected chi connectivity index (χ4v) is 4.49. The summed E-state index contributed by atoms with van der Waals surface area (Å²) in [5, 5.41) is 30.9. The molecule has 1 unspecified atom stereocenters. The van der Waals surface area contributed by atoms with Crippen LogP contribution in [-0.4, -0.2) is 40.6 Å². The molecule has 8 nitrogen and oxygen atoms in total. The second-order valence-electron chi connectivity index (χ2n) is 7.66. The van der Waals surface area contributed by atoms with Crippen LogP contribution in [0.25, 0.3) is 0 Å². The van der Waals surface area contributed by atoms with Gasteiger partial charge in [0, 0.05) is 17.3 Å². The predicted molar refractivity (Wildman–Crippen MR) is 113 cm³/mol. The van der Waals surface area contributed by atoms with Gasteiger partial charge >= 0.3 is 5.97 Å². The standard InChI is InChI=1S/C24H19NO7/c26-12-24(17-9-20-21(10-19(17)27)32-13-31-20)16-7-3-4-8-18(16)25(23(24)30)11-14-5-1-2-6-15(14)22(28)29/h1-10,26-27H,11-13H2,(H,28,29). The molecule has 0 aliphatic carbocycles. The summed E-state index contributed by atoms with van der Waals surface area (Å²) in [5.74, 6) is -1.06. The monoisotopic (exact) mass is 433 g/mol. The van der Waals surface area contributed by atoms with E-state index in [9.17, 15) is 24.9 Å². The van der Waals surface area contributed by atoms with Crippen molar-refractivity contribution in [3.8, 4) is 17.2 Å². The van der Waals surface area contributed by atoms with Crippen molar-refractivity contribution in [3.63, 3.8) is 0 Å². The number of hydrogen-bond donors (Lipinski definition) is 3. The molecule has 3 aromatic carbocycles. The van der Waals surface area contributed by atoms with E-state index in [0.717, 1.165) is 0 Å². The topological polar surface area (TPSA) is 117 Å². The number of aromatic hydroxyl groups is 1. The third kappa shape index (κ3) is 2.73. The summed E-state index contributed by atoms with van der Waals surface area (Å²) in [4.78, 5) is 27.0. The number of aromatic carboxylic acids is 1. The fourth-order valence-electron chi connectivity index (χ4n) is 4.49. The van der Waals surface area contributed by atoms with Crippen molar-refractivity contribution in [2.75, 3.05) is 18.3 Å². The normalized spacial score (nSPS) is 18.7. The molecule has 0 saturated carbocycles. The molecule has 0 aromatic heterocycles. The van der Waals surface area contributed by atoms with Gasteiger partial charge in [0.2, 0.25) is 12.7 Å². The average molecular weight is 433 g/mol. The molecule has 0 bridgehead atoms. The number of fused-ring (bicyclic) bond motifs is 2. The van der Waals surface area contributed by atoms with Crippen LogP contribution < -0.4 is 14.4 Å². The molecule has 0 saturated heterocycles. The lowest BCUT2D eigenvalue weighted by Crippen LogP contribution is -2.44. The molecule has 8 heteroatoms. The molecular weight excluding hydrogens is 414 g/mol. The average Bonchev–Trinajstić information content (AvgIpc) is 3.34. The third-order valence-corrected chi connectivity index (χ3v) is 6.03. The highest BCUT2D eigenvalue weighted by Gasteiger charge is 2.53. The molecule has 1 amide bonds. The van der Waals surface area contributed by atoms with Gasteiger partial charge in [-0.05, 0) is 29.3 Å². The molecule has 0 fully saturated rings. The Kier molecular flexibility index (Phi) is 4.53. The lowest BCUT2D eigenvalue weighted by molar-refractivity contribution is -0.123. The Balaban J connectivity index is 1.67. The van der Waals surface area contributed by atoms with Crippen molar-refractivity contribution in [3.05, 3.63) is 82.9 Å². The Morgan fingerprint density at radius 1 is 1.00 bits per heavy atom. The van der Waals surface area contributed by atoms with Gasteiger partial charge < -0.3 is 29.7 Å². The lowest BCUT2D eigenvalue weighted by atomic mass is 9.75. The SMILES string of the molecule is O=C(O)c1ccccc1CN1C(=O)C(CO)(c2cc3c(cc2O)OCO3)c2ccccc21. The number of carboxylic acids is 1. The summed E-state index contributed by atoms with van der Waals surface area (Å²) in [6.07, 6.45) is 0. The molecule has 3 aromatic rings. The number of phenolic OH excluding ortho intramolecular Hbond substituents is 1. The van der Waals surface area contributed by atoms with Crippen LogP contribution in [0.5, 0.6) is 17.2 Å². The van der Waals surface area contributed by atoms with Gasteiger partial charge in [-0.2, -0.15) is 0 Å². The third-order valence-electron chi connectivity index (χ3n) is 6.03. The van der Waals surface area contributed by atoms with Gasteiger partial charge in [-0.3, -0.25) is 4.79 Å². The quantitative estimate of drug-likeness (QED) is 0.566. The Morgan fingerprint density at radius 3 is 2.44 bits per heavy atom. The fraction of sp³-hybridized carbons (Fsp3) is 0.167. The molecule has 0 spiro atoms. The molecule has 162 valence electrons. The summed E-state index contributed by atoms with van der Waals surface area (Å²) in [6, 6.07) is 16.3. The van der Waals surface area contributed by atoms with Gasteiger partial charge in [-0.15, -0.1) is 0 Å². The Morgan fingerprint density at radius 2 is 1.69 bits per heavy atom. The number of carbonyl (C=O) groups excluding carboxylic acids is 1. The number of aliphatic hydroxyl groups is 1. The highest BCUT2D eigenvalue weighted by molar-refractivity contribution is 6.11. The van der Waals surface area contributed by atoms with E-state index in [0.29, 0.717) is 28.3 Å². The van der Waals surface area contributed by atoms with Crippen molar-refractivity contribution >= 4 is 17.6 Å². The Bertz CT molecular complexity index is 1250. The Labute approximate surface area is 182 Å². The number of carbonyl (C=O) groups is 2. The molecule has 2 aliphatic heterocycles. The first-order chi connectivity index (χ1) is 15.5. The van der Waals surface area contributed by atoms with Crippen LogP contribution >= 0.6 is 0 Å². The first-order valence-corrected chi connectivity index (χ1v) is 9.94. The minimum atomic E-state index is -1.58. The summed E-state index contributed by atoms with van der Waals surface area (Å²) in [6.45, 7) is -0.620. The van der Waals surface area contributed by atoms with E-state index in [1.807, 2.05) is 0 Å². The zero-order chi connectivity index (χ0) is 22.5. The van der Waals surface area contributed by atoms with Crippen molar-refractivity contribution in [1.29, 1.82) is 0 Å². The van der Waals surface area contributed by atoms with Crippen molar-refractivity contribution in [2.24, 2.45) is 0 Å². The van der Waals surface area contributed by atoms with Crippen LogP contribution in [-0.2, 0) is 16.8 Å². The molecule has 2 aliphatic rings. The number of para-hydroxylation sites is 1. The maximum atomic E-state index is 13.9. The van der Waals surface area contributed by atoms with Crippen molar-refractivity contribution in [2.45, 2.75) is 12.0 Å². The number of anilines is 1. The van der Waals surface area contributed by atoms with Crippen LogP contribution in [0, 0.1) is 0 Å². The smallest absolute Gasteiger partial charge is 0.336 e. The number of rotatable bonds is 5. The number of carboxylic acid groups (broad SMARTS) is 1. The van der Waals surface area contributed by atoms with E-state index in [1.54, 1.807) is 42.5 Å². The molecule has 32 heavy (non-hydrogen) atoms. The van der Waals surface area contributed by atoms with Crippen LogP contribution in [0.15, 0.2) is 60.7 Å². The number of nitrogens with zero attached hydrogens (tertiary/aromatic N) is 1. The first kappa shape index (κ1) is 19.9. The maximum Gasteiger partial charge on any atom is 0.336 e. The summed E-state index contributed by atoms with van der Waals surface area (Å²) in [7, 11) is 0. The van der Waals surface area contributed by atoms with Crippen molar-refractivity contribution < 1.29 is 34.4 Å². The van der Waals surface area contributed by atoms with Gasteiger partial charge in [-0.25, -0.2) is 4.79 Å². The van der Waals surface area contributed by atoms with Gasteiger partial charge in [-0.1, -0.05) is 36.4 Å². The van der Waals surface area contributed by atoms with Crippen LogP contribution in [0.4, 0.5) is 5.69 Å². The van der Waals surface area contributed by atoms with E-state index >= 15 is 0 Å². The zero-order valence-corrected chi connectivity index (χ0v) is 16.8. The number of aliphatic hydroxyl groups excluding tert-OH is 1. The van der Waals surface area contributed by atoms with Gasteiger partial charge in [0.25, 0.3) is 0 Å². The number of hydrogen-bond acceptors (Lipinski definition) is 6. The molecule has 2 heterocycles. The van der Waals surface area contributed by atoms with E-state index in [-0.39, 0.29) is 30.2 Å². The largest absolute Gasteiger partial charge is 0.507 e. The molecular formula is C24H19NO7. The molecule has 1 atom stereocenters. The zero-order valence-electron chi connectivity index (χ0n) is 16.8. The number of ether oxygens (including phenoxy) is 2. The first-order valence-electron chi connectivity index (χ1n) is 9.94. The van der Waals surface area contributed by atoms with E-state index < -0.39 is 23.9 Å². The van der Waals surface area contributed by atoms with Crippen molar-refractivity contribution in [1.82, 2.24) is 0 Å². The molecule has 3 N–H and O–H groups in total. The number of benzene rings is 3. The number of phenols is 1. The summed E-state index contributed by atoms with van der Waals surface area (Å²) in [5.41, 5.74) is 0.186. The Hall–Kier alpha value is -4.04. The highest BCUT2D eigenvalue weighted by Crippen LogP contribution is 2.51. The van der Waals surface area contributed by atoms with Gasteiger partial charge in [0.15, 0.2) is 11.5 Å². The van der Waals surface area contributed by atoms with Crippen LogP contribution in [0.3, 0.4) is 0 Å². The lowest BCUT2D eigenvalue weighted by Gasteiger charge is -2.28. The van der Waals surface area contributed by atoms with Crippen LogP contribution in [0.2, 0.25) is 0 Å². The minimum Gasteiger partial charge on any atom is -0.507 e. The van der Waals surface area contributed by atoms with E-state index in [2.05, 4.69) is 0 Å². The summed E-state index contributed by atoms with van der Waals surface area (Å²) >= 11 is 0. The van der Waals surface area contributed by atoms with E-state index in [1.165, 1.54) is 23.1 Å². The summed E-state index contributed by atoms with van der Waals surface area (Å²) < 4.78 is 10.7. The van der Waals surface area contributed by atoms with Gasteiger partial charge in [0.05, 0.1) is 18.7 Å². The molecule has 5 rings (SSSR count). The van der Waals surface area contributed by atoms with E-state index in [4.69, 9.17) is 9.47 Å². The minimum absolute atomic E-state index is 0.00696.